The minimum Gasteiger partial charge on any atom is -0.372 e. The maximum atomic E-state index is 5.92. The van der Waals surface area contributed by atoms with Crippen LogP contribution in [0.5, 0.6) is 0 Å². The van der Waals surface area contributed by atoms with Crippen LogP contribution < -0.4 is 10.6 Å². The zero-order valence-electron chi connectivity index (χ0n) is 17.6. The van der Waals surface area contributed by atoms with Crippen molar-refractivity contribution in [1.29, 1.82) is 0 Å². The van der Waals surface area contributed by atoms with Crippen molar-refractivity contribution in [2.75, 3.05) is 7.05 Å². The highest BCUT2D eigenvalue weighted by atomic mass is 127. The van der Waals surface area contributed by atoms with Gasteiger partial charge in [0.05, 0.1) is 30.5 Å². The van der Waals surface area contributed by atoms with Gasteiger partial charge in [-0.25, -0.2) is 4.98 Å². The van der Waals surface area contributed by atoms with Crippen molar-refractivity contribution >= 4 is 41.3 Å². The average molecular weight is 536 g/mol. The van der Waals surface area contributed by atoms with Gasteiger partial charge >= 0.3 is 0 Å². The van der Waals surface area contributed by atoms with E-state index in [0.29, 0.717) is 19.8 Å². The van der Waals surface area contributed by atoms with Crippen LogP contribution in [0.3, 0.4) is 0 Å². The van der Waals surface area contributed by atoms with E-state index in [0.717, 1.165) is 23.2 Å². The summed E-state index contributed by atoms with van der Waals surface area (Å²) in [6.07, 6.45) is 0. The quantitative estimate of drug-likeness (QED) is 0.243. The van der Waals surface area contributed by atoms with Crippen LogP contribution in [-0.4, -0.2) is 18.0 Å². The lowest BCUT2D eigenvalue weighted by molar-refractivity contribution is 0.106. The Labute approximate surface area is 200 Å². The van der Waals surface area contributed by atoms with E-state index < -0.39 is 0 Å². The van der Waals surface area contributed by atoms with E-state index in [1.54, 1.807) is 18.4 Å². The van der Waals surface area contributed by atoms with Crippen molar-refractivity contribution < 1.29 is 4.74 Å². The number of nitrogens with zero attached hydrogens (tertiary/aromatic N) is 2. The van der Waals surface area contributed by atoms with Crippen molar-refractivity contribution in [1.82, 2.24) is 15.6 Å². The molecule has 0 aliphatic carbocycles. The Hall–Kier alpha value is -1.97. The summed E-state index contributed by atoms with van der Waals surface area (Å²) in [6.45, 7) is 6.68. The summed E-state index contributed by atoms with van der Waals surface area (Å²) in [5.41, 5.74) is 4.64. The summed E-state index contributed by atoms with van der Waals surface area (Å²) in [5.74, 6) is 0.774. The molecule has 1 heterocycles. The fraction of sp³-hybridized carbons (Fsp3) is 0.304. The molecule has 0 amide bonds. The van der Waals surface area contributed by atoms with E-state index in [1.165, 1.54) is 21.6 Å². The van der Waals surface area contributed by atoms with E-state index in [9.17, 15) is 0 Å². The van der Waals surface area contributed by atoms with Gasteiger partial charge in [-0.3, -0.25) is 4.99 Å². The van der Waals surface area contributed by atoms with Gasteiger partial charge in [-0.2, -0.15) is 0 Å². The van der Waals surface area contributed by atoms with Gasteiger partial charge in [0.15, 0.2) is 5.96 Å². The highest BCUT2D eigenvalue weighted by molar-refractivity contribution is 14.0. The van der Waals surface area contributed by atoms with Gasteiger partial charge < -0.3 is 15.4 Å². The zero-order valence-corrected chi connectivity index (χ0v) is 20.8. The van der Waals surface area contributed by atoms with Gasteiger partial charge in [0.2, 0.25) is 0 Å². The maximum absolute atomic E-state index is 5.92. The van der Waals surface area contributed by atoms with Crippen LogP contribution in [-0.2, 0) is 31.0 Å². The van der Waals surface area contributed by atoms with Gasteiger partial charge in [0.1, 0.15) is 0 Å². The summed E-state index contributed by atoms with van der Waals surface area (Å²) < 4.78 is 5.92. The first-order valence-electron chi connectivity index (χ1n) is 9.71. The van der Waals surface area contributed by atoms with Gasteiger partial charge in [-0.15, -0.1) is 35.3 Å². The van der Waals surface area contributed by atoms with Crippen molar-refractivity contribution in [2.24, 2.45) is 4.99 Å². The third-order valence-electron chi connectivity index (χ3n) is 4.57. The monoisotopic (exact) mass is 536 g/mol. The van der Waals surface area contributed by atoms with Crippen LogP contribution in [0.25, 0.3) is 0 Å². The van der Waals surface area contributed by atoms with E-state index in [2.05, 4.69) is 50.9 Å². The molecule has 2 N–H and O–H groups in total. The van der Waals surface area contributed by atoms with Crippen LogP contribution in [0.2, 0.25) is 0 Å². The molecule has 0 saturated carbocycles. The lowest BCUT2D eigenvalue weighted by Crippen LogP contribution is -2.36. The number of thiazole rings is 1. The maximum Gasteiger partial charge on any atom is 0.191 e. The number of nitrogens with one attached hydrogen (secondary N) is 2. The second-order valence-electron chi connectivity index (χ2n) is 6.77. The van der Waals surface area contributed by atoms with Gasteiger partial charge in [-0.1, -0.05) is 54.6 Å². The lowest BCUT2D eigenvalue weighted by Gasteiger charge is -2.14. The predicted octanol–water partition coefficient (Wildman–Crippen LogP) is 4.96. The molecule has 0 aliphatic rings. The van der Waals surface area contributed by atoms with Crippen LogP contribution >= 0.6 is 35.3 Å². The highest BCUT2D eigenvalue weighted by Crippen LogP contribution is 2.16. The number of hydrogen-bond donors (Lipinski definition) is 2. The number of hydrogen-bond acceptors (Lipinski definition) is 4. The second-order valence-corrected chi connectivity index (χ2v) is 8.06. The number of halogens is 1. The SMILES string of the molecule is CN=C(NCc1ccccc1COCc1ccccc1)NCc1sc(C)nc1C.I. The van der Waals surface area contributed by atoms with Crippen molar-refractivity contribution in [3.63, 3.8) is 0 Å². The second kappa shape index (κ2) is 12.7. The van der Waals surface area contributed by atoms with E-state index in [1.807, 2.05) is 38.1 Å². The molecule has 3 aromatic rings. The predicted molar refractivity (Wildman–Crippen MR) is 135 cm³/mol. The van der Waals surface area contributed by atoms with Crippen molar-refractivity contribution in [3.8, 4) is 0 Å². The summed E-state index contributed by atoms with van der Waals surface area (Å²) in [7, 11) is 1.79. The summed E-state index contributed by atoms with van der Waals surface area (Å²) in [4.78, 5) is 10.0. The molecule has 2 aromatic carbocycles. The fourth-order valence-corrected chi connectivity index (χ4v) is 3.90. The van der Waals surface area contributed by atoms with E-state index in [-0.39, 0.29) is 24.0 Å². The van der Waals surface area contributed by atoms with E-state index >= 15 is 0 Å². The van der Waals surface area contributed by atoms with E-state index in [4.69, 9.17) is 4.74 Å². The number of benzene rings is 2. The van der Waals surface area contributed by atoms with Crippen LogP contribution in [0.4, 0.5) is 0 Å². The Morgan fingerprint density at radius 1 is 0.933 bits per heavy atom. The molecule has 0 saturated heterocycles. The van der Waals surface area contributed by atoms with Crippen molar-refractivity contribution in [2.45, 2.75) is 40.2 Å². The first-order chi connectivity index (χ1) is 14.2. The molecule has 0 radical (unpaired) electrons. The van der Waals surface area contributed by atoms with Gasteiger partial charge in [0, 0.05) is 18.5 Å². The fourth-order valence-electron chi connectivity index (χ4n) is 3.02. The molecule has 1 aromatic heterocycles. The number of rotatable bonds is 8. The third-order valence-corrected chi connectivity index (χ3v) is 5.65. The first-order valence-corrected chi connectivity index (χ1v) is 10.5. The summed E-state index contributed by atoms with van der Waals surface area (Å²) in [5, 5.41) is 7.86. The number of ether oxygens (including phenoxy) is 1. The molecule has 0 bridgehead atoms. The molecule has 7 heteroatoms. The molecular weight excluding hydrogens is 507 g/mol. The molecule has 3 rings (SSSR count). The number of aromatic nitrogens is 1. The Morgan fingerprint density at radius 2 is 1.60 bits per heavy atom. The Morgan fingerprint density at radius 3 is 2.27 bits per heavy atom. The minimum absolute atomic E-state index is 0. The smallest absolute Gasteiger partial charge is 0.191 e. The van der Waals surface area contributed by atoms with Gasteiger partial charge in [-0.05, 0) is 30.5 Å². The third kappa shape index (κ3) is 7.37. The van der Waals surface area contributed by atoms with Gasteiger partial charge in [0.25, 0.3) is 0 Å². The van der Waals surface area contributed by atoms with Crippen LogP contribution in [0.15, 0.2) is 59.6 Å². The molecule has 0 fully saturated rings. The zero-order chi connectivity index (χ0) is 20.5. The largest absolute Gasteiger partial charge is 0.372 e. The normalized spacial score (nSPS) is 11.1. The number of aliphatic imine (C=N–C) groups is 1. The Balaban J connectivity index is 0.00000320. The minimum atomic E-state index is 0. The number of guanidine groups is 1. The molecular formula is C23H29IN4OS. The Kier molecular flexibility index (Phi) is 10.3. The number of aryl methyl sites for hydroxylation is 2. The lowest BCUT2D eigenvalue weighted by atomic mass is 10.1. The first kappa shape index (κ1) is 24.3. The standard InChI is InChI=1S/C23H28N4OS.HI/c1-17-22(29-18(2)27-17)14-26-23(24-3)25-13-20-11-7-8-12-21(20)16-28-15-19-9-5-4-6-10-19;/h4-12H,13-16H2,1-3H3,(H2,24,25,26);1H. The molecule has 0 atom stereocenters. The molecule has 0 unspecified atom stereocenters. The Bertz CT molecular complexity index is 943. The summed E-state index contributed by atoms with van der Waals surface area (Å²) >= 11 is 1.72. The van der Waals surface area contributed by atoms with Crippen molar-refractivity contribution in [3.05, 3.63) is 86.9 Å². The highest BCUT2D eigenvalue weighted by Gasteiger charge is 2.07. The molecule has 0 spiro atoms. The molecule has 5 nitrogen and oxygen atoms in total. The molecule has 30 heavy (non-hydrogen) atoms. The topological polar surface area (TPSA) is 58.5 Å². The van der Waals surface area contributed by atoms with Crippen LogP contribution in [0.1, 0.15) is 32.3 Å². The average Bonchev–Trinajstić information content (AvgIpc) is 3.07. The van der Waals surface area contributed by atoms with Crippen LogP contribution in [0, 0.1) is 13.8 Å². The summed E-state index contributed by atoms with van der Waals surface area (Å²) in [6, 6.07) is 18.6. The molecule has 160 valence electrons. The molecule has 0 aliphatic heterocycles.